The molecule has 3 heterocycles. The van der Waals surface area contributed by atoms with E-state index in [0.717, 1.165) is 16.7 Å². The molecule has 0 bridgehead atoms. The topological polar surface area (TPSA) is 869 Å². The number of primary amides is 1. The van der Waals surface area contributed by atoms with E-state index in [4.69, 9.17) is 40.1 Å². The molecular weight excluding hydrogens is 1720 g/mol. The molecule has 0 unspecified atom stereocenters. The summed E-state index contributed by atoms with van der Waals surface area (Å²) in [6.45, 7) is 2.15. The number of hydrogen-bond donors (Lipinski definition) is 29. The van der Waals surface area contributed by atoms with Crippen LogP contribution in [-0.4, -0.2) is 341 Å². The molecular formula is C75H125N25O27S. The van der Waals surface area contributed by atoms with Crippen LogP contribution in [0.4, 0.5) is 0 Å². The number of imidazole rings is 1. The number of carbonyl (C=O) groups excluding carboxylic acids is 16. The van der Waals surface area contributed by atoms with Crippen LogP contribution in [0.3, 0.4) is 0 Å². The number of thiol groups is 1. The first-order chi connectivity index (χ1) is 60.5. The Kier molecular flexibility index (Phi) is 49.0. The number of nitrogens with zero attached hydrogens (tertiary/aromatic N) is 4. The highest BCUT2D eigenvalue weighted by Gasteiger charge is 2.45. The first-order valence-electron chi connectivity index (χ1n) is 41.6. The molecule has 718 valence electrons. The van der Waals surface area contributed by atoms with Crippen molar-refractivity contribution in [1.29, 1.82) is 0 Å². The van der Waals surface area contributed by atoms with Gasteiger partial charge in [0.05, 0.1) is 50.9 Å². The maximum atomic E-state index is 14.7. The van der Waals surface area contributed by atoms with Crippen molar-refractivity contribution >= 4 is 137 Å². The Balaban J connectivity index is 1.91. The number of nitrogens with two attached hydrogens (primary N) is 7. The number of aliphatic imine (C=N–C) groups is 1. The number of aliphatic hydroxyl groups excluding tert-OH is 3. The van der Waals surface area contributed by atoms with Crippen LogP contribution in [0, 0.1) is 5.92 Å². The summed E-state index contributed by atoms with van der Waals surface area (Å²) >= 11 is 3.85. The van der Waals surface area contributed by atoms with Crippen molar-refractivity contribution < 1.29 is 132 Å². The van der Waals surface area contributed by atoms with Crippen LogP contribution in [0.15, 0.2) is 17.5 Å². The number of carboxylic acid groups (broad SMARTS) is 4. The average Bonchev–Trinajstić information content (AvgIpc) is 1.41. The number of nitrogens with one attached hydrogen (secondary N) is 14. The van der Waals surface area contributed by atoms with Crippen molar-refractivity contribution in [2.75, 3.05) is 58.2 Å². The Hall–Kier alpha value is -12.0. The van der Waals surface area contributed by atoms with Gasteiger partial charge in [-0.3, -0.25) is 96.1 Å². The minimum absolute atomic E-state index is 0.0140. The van der Waals surface area contributed by atoms with E-state index >= 15 is 0 Å². The van der Waals surface area contributed by atoms with Gasteiger partial charge in [0.2, 0.25) is 94.5 Å². The number of likely N-dealkylation sites (tertiary alicyclic amines) is 2. The Morgan fingerprint density at radius 1 is 0.461 bits per heavy atom. The summed E-state index contributed by atoms with van der Waals surface area (Å²) in [7, 11) is 0. The van der Waals surface area contributed by atoms with Crippen LogP contribution in [0.1, 0.15) is 155 Å². The summed E-state index contributed by atoms with van der Waals surface area (Å²) in [4.78, 5) is 284. The Bertz CT molecular complexity index is 3990. The molecule has 0 spiro atoms. The van der Waals surface area contributed by atoms with Gasteiger partial charge in [0.15, 0.2) is 5.96 Å². The average molecular weight is 1840 g/mol. The van der Waals surface area contributed by atoms with Crippen LogP contribution in [0.2, 0.25) is 0 Å². The number of H-pyrrole nitrogens is 1. The quantitative estimate of drug-likeness (QED) is 0.0125. The number of carboxylic acids is 4. The first kappa shape index (κ1) is 110. The number of hydrogen-bond acceptors (Lipinski definition) is 30. The largest absolute Gasteiger partial charge is 0.481 e. The van der Waals surface area contributed by atoms with Crippen LogP contribution in [0.25, 0.3) is 0 Å². The molecule has 3 rings (SSSR count). The maximum Gasteiger partial charge on any atom is 0.327 e. The van der Waals surface area contributed by atoms with Crippen LogP contribution >= 0.6 is 12.6 Å². The summed E-state index contributed by atoms with van der Waals surface area (Å²) < 4.78 is 0. The predicted molar refractivity (Wildman–Crippen MR) is 451 cm³/mol. The maximum absolute atomic E-state index is 14.7. The lowest BCUT2D eigenvalue weighted by molar-refractivity contribution is -0.144. The normalized spacial score (nSPS) is 17.1. The second kappa shape index (κ2) is 56.9. The third-order valence-corrected chi connectivity index (χ3v) is 20.7. The zero-order chi connectivity index (χ0) is 96.2. The standard InChI is InChI=1S/C75H125N25O27S/c1-36(2)57(70(122)89-43(16-6-9-23-78)72(124)99-25-11-17-51(99)68(120)93-45(28-53(80)104)64(116)92-46(29-55(107)108)65(117)96-50(34-128)74(126)127)97-62(114)41(15-5-8-22-77)86-61(113)42(19-20-54(105)106)88-71(123)58(37(3)103)98-66(118)47(30-56(109)110)91-60(112)40(14-4-7-21-76)87-63(115)44(27-38-31-83-35-85-38)90-67(119)48(32-101)94-69(121)52-18-12-26-100(52)73(125)49(33-102)95-59(111)39(79)13-10-24-84-75(81)82/h31,35-37,39-52,57-58,101-103,128H,4-30,32-34,76-79H2,1-3H3,(H2,80,104)(H,83,85)(H,86,113)(H,87,115)(H,88,123)(H,89,122)(H,90,119)(H,91,112)(H,92,116)(H,93,120)(H,94,121)(H,95,111)(H,96,117)(H,97,114)(H,98,118)(H,105,106)(H,107,108)(H,109,110)(H,126,127)(H4,81,82,84)/t37-,39+,40+,41+,42+,43+,44+,45+,46+,47+,48+,49+,50+,51+,52+,57+,58+/m1/s1. The summed E-state index contributed by atoms with van der Waals surface area (Å²) in [6, 6.07) is -27.2. The molecule has 0 radical (unpaired) electrons. The van der Waals surface area contributed by atoms with Gasteiger partial charge >= 0.3 is 23.9 Å². The minimum Gasteiger partial charge on any atom is -0.481 e. The van der Waals surface area contributed by atoms with Gasteiger partial charge in [0, 0.05) is 50.1 Å². The molecule has 0 saturated carbocycles. The zero-order valence-corrected chi connectivity index (χ0v) is 72.2. The molecule has 2 aliphatic rings. The van der Waals surface area contributed by atoms with Crippen LogP contribution < -0.4 is 109 Å². The minimum atomic E-state index is -2.18. The zero-order valence-electron chi connectivity index (χ0n) is 71.3. The van der Waals surface area contributed by atoms with Crippen molar-refractivity contribution in [3.63, 3.8) is 0 Å². The van der Waals surface area contributed by atoms with Gasteiger partial charge in [-0.15, -0.1) is 0 Å². The van der Waals surface area contributed by atoms with E-state index in [1.807, 2.05) is 5.32 Å². The lowest BCUT2D eigenvalue weighted by Crippen LogP contribution is -2.62. The number of carbonyl (C=O) groups is 20. The number of aliphatic carboxylic acids is 4. The highest BCUT2D eigenvalue weighted by molar-refractivity contribution is 7.80. The van der Waals surface area contributed by atoms with E-state index in [9.17, 15) is 132 Å². The number of guanidine groups is 1. The fraction of sp³-hybridized carbons (Fsp3) is 0.680. The number of aromatic nitrogens is 2. The lowest BCUT2D eigenvalue weighted by atomic mass is 10.00. The SMILES string of the molecule is CC(C)[C@H](NC(=O)[C@H](CCCCN)NC(=O)[C@H](CCC(=O)O)NC(=O)[C@@H](NC(=O)[C@H](CC(=O)O)NC(=O)[C@H](CCCCN)NC(=O)[C@H](Cc1cnc[nH]1)NC(=O)[C@H](CO)NC(=O)[C@@H]1CCCN1C(=O)[C@H](CO)NC(=O)[C@@H](N)CCCN=C(N)N)[C@@H](C)O)C(=O)N[C@@H](CCCCN)C(=O)N1CCC[C@H]1C(=O)N[C@@H](CC(N)=O)C(=O)N[C@@H](CC(=O)O)C(=O)N[C@@H](CS)C(=O)O. The fourth-order valence-electron chi connectivity index (χ4n) is 13.5. The number of amides is 16. The molecule has 2 fully saturated rings. The molecule has 17 atom stereocenters. The molecule has 1 aromatic rings. The highest BCUT2D eigenvalue weighted by Crippen LogP contribution is 2.23. The molecule has 16 amide bonds. The summed E-state index contributed by atoms with van der Waals surface area (Å²) in [5.41, 5.74) is 39.6. The molecule has 0 aromatic carbocycles. The monoisotopic (exact) mass is 1840 g/mol. The molecule has 1 aromatic heterocycles. The molecule has 0 aliphatic carbocycles. The van der Waals surface area contributed by atoms with E-state index in [1.54, 1.807) is 0 Å². The van der Waals surface area contributed by atoms with E-state index in [-0.39, 0.29) is 141 Å². The van der Waals surface area contributed by atoms with E-state index in [0.29, 0.717) is 6.42 Å². The number of aliphatic hydroxyl groups is 3. The summed E-state index contributed by atoms with van der Waals surface area (Å²) in [6.07, 6.45) is -3.63. The third kappa shape index (κ3) is 37.9. The Morgan fingerprint density at radius 2 is 0.852 bits per heavy atom. The molecule has 2 aliphatic heterocycles. The van der Waals surface area contributed by atoms with Crippen molar-refractivity contribution in [2.24, 2.45) is 51.0 Å². The number of rotatable bonds is 61. The van der Waals surface area contributed by atoms with Crippen molar-refractivity contribution in [3.05, 3.63) is 18.2 Å². The van der Waals surface area contributed by atoms with Gasteiger partial charge < -0.3 is 160 Å². The van der Waals surface area contributed by atoms with E-state index in [1.165, 1.54) is 26.4 Å². The van der Waals surface area contributed by atoms with Crippen LogP contribution in [-0.2, 0) is 102 Å². The second-order valence-corrected chi connectivity index (χ2v) is 31.2. The summed E-state index contributed by atoms with van der Waals surface area (Å²) in [5.74, 6) is -26.0. The van der Waals surface area contributed by atoms with Gasteiger partial charge in [-0.05, 0) is 135 Å². The predicted octanol–water partition coefficient (Wildman–Crippen LogP) is -12.3. The Morgan fingerprint density at radius 3 is 1.29 bits per heavy atom. The first-order valence-corrected chi connectivity index (χ1v) is 42.2. The van der Waals surface area contributed by atoms with Crippen LogP contribution in [0.5, 0.6) is 0 Å². The van der Waals surface area contributed by atoms with Crippen molar-refractivity contribution in [1.82, 2.24) is 88.9 Å². The smallest absolute Gasteiger partial charge is 0.327 e. The molecule has 53 heteroatoms. The van der Waals surface area contributed by atoms with E-state index in [2.05, 4.69) is 91.4 Å². The van der Waals surface area contributed by atoms with Gasteiger partial charge in [-0.2, -0.15) is 12.6 Å². The fourth-order valence-corrected chi connectivity index (χ4v) is 13.7. The highest BCUT2D eigenvalue weighted by atomic mass is 32.1. The molecule has 128 heavy (non-hydrogen) atoms. The van der Waals surface area contributed by atoms with Crippen molar-refractivity contribution in [3.8, 4) is 0 Å². The van der Waals surface area contributed by atoms with Gasteiger partial charge in [0.1, 0.15) is 90.6 Å². The van der Waals surface area contributed by atoms with Crippen molar-refractivity contribution in [2.45, 2.75) is 258 Å². The lowest BCUT2D eigenvalue weighted by Gasteiger charge is -2.32. The molecule has 35 N–H and O–H groups in total. The number of unbranched alkanes of at least 4 members (excludes halogenated alkanes) is 3. The molecule has 2 saturated heterocycles. The van der Waals surface area contributed by atoms with Gasteiger partial charge in [-0.1, -0.05) is 13.8 Å². The van der Waals surface area contributed by atoms with Gasteiger partial charge in [0.25, 0.3) is 0 Å². The third-order valence-electron chi connectivity index (χ3n) is 20.4. The number of aromatic amines is 1. The molecule has 52 nitrogen and oxygen atoms in total. The second-order valence-electron chi connectivity index (χ2n) is 30.9. The van der Waals surface area contributed by atoms with E-state index < -0.39 is 285 Å². The Labute approximate surface area is 740 Å². The van der Waals surface area contributed by atoms with Gasteiger partial charge in [-0.25, -0.2) is 9.78 Å². The summed E-state index contributed by atoms with van der Waals surface area (Å²) in [5, 5.41) is 101.